The maximum absolute atomic E-state index is 12.9. The van der Waals surface area contributed by atoms with E-state index in [1.807, 2.05) is 0 Å². The van der Waals surface area contributed by atoms with Gasteiger partial charge in [-0.25, -0.2) is 0 Å². The second kappa shape index (κ2) is 5.34. The molecule has 1 atom stereocenters. The first kappa shape index (κ1) is 17.0. The average Bonchev–Trinajstić information content (AvgIpc) is 2.33. The van der Waals surface area contributed by atoms with Crippen molar-refractivity contribution in [3.8, 4) is 0 Å². The third-order valence-electron chi connectivity index (χ3n) is 5.45. The molecule has 5 nitrogen and oxygen atoms in total. The fourth-order valence-electron chi connectivity index (χ4n) is 5.00. The predicted octanol–water partition coefficient (Wildman–Crippen LogP) is 2.56. The third-order valence-corrected chi connectivity index (χ3v) is 6.17. The van der Waals surface area contributed by atoms with E-state index >= 15 is 0 Å². The normalized spacial score (nSPS) is 37.7. The van der Waals surface area contributed by atoms with Gasteiger partial charge in [0.2, 0.25) is 6.10 Å². The lowest BCUT2D eigenvalue weighted by atomic mass is 9.49. The summed E-state index contributed by atoms with van der Waals surface area (Å²) < 4.78 is 73.6. The fourth-order valence-corrected chi connectivity index (χ4v) is 5.64. The van der Waals surface area contributed by atoms with Crippen LogP contribution in [0.25, 0.3) is 0 Å². The summed E-state index contributed by atoms with van der Waals surface area (Å²) >= 11 is 0. The summed E-state index contributed by atoms with van der Waals surface area (Å²) in [5.41, 5.74) is -0.905. The van der Waals surface area contributed by atoms with Crippen molar-refractivity contribution in [2.24, 2.45) is 23.2 Å². The lowest BCUT2D eigenvalue weighted by Gasteiger charge is -2.55. The molecule has 9 heteroatoms. The van der Waals surface area contributed by atoms with Crippen LogP contribution in [0.2, 0.25) is 0 Å². The minimum Gasteiger partial charge on any atom is -0.451 e. The van der Waals surface area contributed by atoms with Crippen molar-refractivity contribution in [3.63, 3.8) is 0 Å². The van der Waals surface area contributed by atoms with Crippen molar-refractivity contribution < 1.29 is 35.7 Å². The van der Waals surface area contributed by atoms with Crippen LogP contribution in [0.15, 0.2) is 0 Å². The van der Waals surface area contributed by atoms with Gasteiger partial charge in [0, 0.05) is 0 Å². The molecule has 0 heterocycles. The van der Waals surface area contributed by atoms with E-state index in [9.17, 15) is 26.4 Å². The molecule has 0 aromatic rings. The summed E-state index contributed by atoms with van der Waals surface area (Å²) in [6.45, 7) is 0. The molecule has 23 heavy (non-hydrogen) atoms. The second-order valence-corrected chi connectivity index (χ2v) is 8.88. The summed E-state index contributed by atoms with van der Waals surface area (Å²) in [6.07, 6.45) is -3.25. The van der Waals surface area contributed by atoms with Gasteiger partial charge < -0.3 is 4.74 Å². The lowest BCUT2D eigenvalue weighted by molar-refractivity contribution is -0.226. The maximum atomic E-state index is 12.9. The molecule has 0 aromatic heterocycles. The standard InChI is InChI=1S/C14H19F3O5S/c15-14(16,17)11(7-23(19,20)21)22-12(18)13-4-8-1-9(5-13)3-10(2-8)6-13/h8-11H,1-7H2,(H,19,20,21). The Kier molecular flexibility index (Phi) is 3.95. The van der Waals surface area contributed by atoms with Crippen LogP contribution in [0.5, 0.6) is 0 Å². The minimum atomic E-state index is -5.03. The summed E-state index contributed by atoms with van der Waals surface area (Å²) in [6, 6.07) is 0. The number of rotatable bonds is 4. The smallest absolute Gasteiger partial charge is 0.426 e. The molecule has 0 radical (unpaired) electrons. The summed E-state index contributed by atoms with van der Waals surface area (Å²) in [7, 11) is -4.91. The van der Waals surface area contributed by atoms with E-state index in [0.29, 0.717) is 37.0 Å². The summed E-state index contributed by atoms with van der Waals surface area (Å²) in [4.78, 5) is 12.4. The molecule has 1 N–H and O–H groups in total. The molecule has 0 aromatic carbocycles. The van der Waals surface area contributed by atoms with Gasteiger partial charge in [-0.3, -0.25) is 9.35 Å². The number of ether oxygens (including phenoxy) is 1. The molecule has 0 aliphatic heterocycles. The fraction of sp³-hybridized carbons (Fsp3) is 0.929. The van der Waals surface area contributed by atoms with Crippen LogP contribution in [0.4, 0.5) is 13.2 Å². The monoisotopic (exact) mass is 356 g/mol. The second-order valence-electron chi connectivity index (χ2n) is 7.38. The number of carbonyl (C=O) groups excluding carboxylic acids is 1. The van der Waals surface area contributed by atoms with Crippen molar-refractivity contribution in [1.29, 1.82) is 0 Å². The van der Waals surface area contributed by atoms with E-state index < -0.39 is 39.5 Å². The Morgan fingerprint density at radius 3 is 1.91 bits per heavy atom. The molecule has 0 amide bonds. The van der Waals surface area contributed by atoms with E-state index in [1.54, 1.807) is 0 Å². The molecule has 4 bridgehead atoms. The van der Waals surface area contributed by atoms with E-state index in [1.165, 1.54) is 0 Å². The quantitative estimate of drug-likeness (QED) is 0.618. The van der Waals surface area contributed by atoms with Crippen LogP contribution in [0.3, 0.4) is 0 Å². The van der Waals surface area contributed by atoms with Gasteiger partial charge in [0.1, 0.15) is 5.75 Å². The largest absolute Gasteiger partial charge is 0.451 e. The number of alkyl halides is 3. The van der Waals surface area contributed by atoms with Gasteiger partial charge in [0.25, 0.3) is 10.1 Å². The van der Waals surface area contributed by atoms with Gasteiger partial charge in [0.15, 0.2) is 0 Å². The van der Waals surface area contributed by atoms with Gasteiger partial charge >= 0.3 is 12.1 Å². The molecule has 0 saturated heterocycles. The molecule has 1 unspecified atom stereocenters. The number of hydrogen-bond donors (Lipinski definition) is 1. The Bertz CT molecular complexity index is 563. The molecule has 4 fully saturated rings. The van der Waals surface area contributed by atoms with Gasteiger partial charge in [-0.05, 0) is 56.3 Å². The SMILES string of the molecule is O=C(OC(CS(=O)(=O)O)C(F)(F)F)C12CC3CC(CC(C3)C1)C2. The van der Waals surface area contributed by atoms with E-state index in [0.717, 1.165) is 19.3 Å². The van der Waals surface area contributed by atoms with Crippen molar-refractivity contribution in [2.45, 2.75) is 50.8 Å². The summed E-state index contributed by atoms with van der Waals surface area (Å²) in [5, 5.41) is 0. The Balaban J connectivity index is 1.77. The molecular weight excluding hydrogens is 337 g/mol. The Morgan fingerprint density at radius 1 is 1.13 bits per heavy atom. The van der Waals surface area contributed by atoms with Gasteiger partial charge in [-0.1, -0.05) is 0 Å². The highest BCUT2D eigenvalue weighted by atomic mass is 32.2. The zero-order valence-electron chi connectivity index (χ0n) is 12.4. The molecule has 4 rings (SSSR count). The van der Waals surface area contributed by atoms with Crippen molar-refractivity contribution in [1.82, 2.24) is 0 Å². The Hall–Kier alpha value is -0.830. The van der Waals surface area contributed by atoms with Gasteiger partial charge in [-0.2, -0.15) is 21.6 Å². The average molecular weight is 356 g/mol. The number of esters is 1. The Labute approximate surface area is 132 Å². The first-order chi connectivity index (χ1) is 10.5. The highest BCUT2D eigenvalue weighted by molar-refractivity contribution is 7.85. The molecule has 4 aliphatic rings. The van der Waals surface area contributed by atoms with Crippen molar-refractivity contribution in [2.75, 3.05) is 5.75 Å². The van der Waals surface area contributed by atoms with E-state index in [2.05, 4.69) is 4.74 Å². The van der Waals surface area contributed by atoms with Gasteiger partial charge in [-0.15, -0.1) is 0 Å². The van der Waals surface area contributed by atoms with Crippen molar-refractivity contribution >= 4 is 16.1 Å². The van der Waals surface area contributed by atoms with Crippen LogP contribution in [0, 0.1) is 23.2 Å². The third kappa shape index (κ3) is 3.50. The molecule has 0 spiro atoms. The molecule has 4 saturated carbocycles. The van der Waals surface area contributed by atoms with E-state index in [-0.39, 0.29) is 0 Å². The topological polar surface area (TPSA) is 80.7 Å². The minimum absolute atomic E-state index is 0.347. The van der Waals surface area contributed by atoms with E-state index in [4.69, 9.17) is 4.55 Å². The van der Waals surface area contributed by atoms with Crippen LogP contribution >= 0.6 is 0 Å². The number of carbonyl (C=O) groups is 1. The molecular formula is C14H19F3O5S. The van der Waals surface area contributed by atoms with Gasteiger partial charge in [0.05, 0.1) is 5.41 Å². The molecule has 4 aliphatic carbocycles. The predicted molar refractivity (Wildman–Crippen MR) is 73.0 cm³/mol. The zero-order valence-corrected chi connectivity index (χ0v) is 13.2. The highest BCUT2D eigenvalue weighted by Crippen LogP contribution is 2.60. The zero-order chi connectivity index (χ0) is 17.0. The number of halogens is 3. The van der Waals surface area contributed by atoms with Crippen LogP contribution < -0.4 is 0 Å². The Morgan fingerprint density at radius 2 is 1.57 bits per heavy atom. The maximum Gasteiger partial charge on any atom is 0.426 e. The first-order valence-corrected chi connectivity index (χ1v) is 9.31. The van der Waals surface area contributed by atoms with Crippen molar-refractivity contribution in [3.05, 3.63) is 0 Å². The first-order valence-electron chi connectivity index (χ1n) is 7.70. The summed E-state index contributed by atoms with van der Waals surface area (Å²) in [5.74, 6) is -1.57. The van der Waals surface area contributed by atoms with Crippen LogP contribution in [0.1, 0.15) is 38.5 Å². The van der Waals surface area contributed by atoms with Crippen LogP contribution in [-0.2, 0) is 19.6 Å². The molecule has 132 valence electrons. The lowest BCUT2D eigenvalue weighted by Crippen LogP contribution is -2.52. The highest BCUT2D eigenvalue weighted by Gasteiger charge is 2.57. The van der Waals surface area contributed by atoms with Crippen LogP contribution in [-0.4, -0.2) is 37.0 Å². The number of hydrogen-bond acceptors (Lipinski definition) is 4.